The molecule has 0 unspecified atom stereocenters. The molecule has 1 amide bonds. The third-order valence-corrected chi connectivity index (χ3v) is 4.00. The number of hydrogen-bond acceptors (Lipinski definition) is 5. The van der Waals surface area contributed by atoms with Gasteiger partial charge in [0.1, 0.15) is 10.7 Å². The molecule has 4 nitrogen and oxygen atoms in total. The number of carbonyl (C=O) groups excluding carboxylic acids is 1. The lowest BCUT2D eigenvalue weighted by molar-refractivity contribution is 0.0950. The first-order valence-corrected chi connectivity index (χ1v) is 7.00. The number of rotatable bonds is 5. The number of amides is 1. The van der Waals surface area contributed by atoms with Crippen molar-refractivity contribution >= 4 is 41.0 Å². The Bertz CT molecular complexity index is 484. The van der Waals surface area contributed by atoms with E-state index in [0.29, 0.717) is 18.8 Å². The van der Waals surface area contributed by atoms with E-state index in [2.05, 4.69) is 16.4 Å². The molecule has 0 spiro atoms. The zero-order chi connectivity index (χ0) is 12.1. The van der Waals surface area contributed by atoms with Crippen molar-refractivity contribution in [3.63, 3.8) is 0 Å². The van der Waals surface area contributed by atoms with Crippen LogP contribution in [-0.2, 0) is 13.0 Å². The van der Waals surface area contributed by atoms with Crippen LogP contribution >= 0.6 is 35.1 Å². The average Bonchev–Trinajstić information content (AvgIpc) is 2.99. The first-order chi connectivity index (χ1) is 8.29. The van der Waals surface area contributed by atoms with Crippen LogP contribution in [-0.4, -0.2) is 17.4 Å². The van der Waals surface area contributed by atoms with Gasteiger partial charge in [0.15, 0.2) is 0 Å². The van der Waals surface area contributed by atoms with Crippen molar-refractivity contribution in [1.29, 1.82) is 0 Å². The quantitative estimate of drug-likeness (QED) is 0.888. The Morgan fingerprint density at radius 3 is 2.89 bits per heavy atom. The predicted molar refractivity (Wildman–Crippen MR) is 77.6 cm³/mol. The van der Waals surface area contributed by atoms with Crippen LogP contribution in [0.1, 0.15) is 20.4 Å². The molecule has 0 aromatic carbocycles. The van der Waals surface area contributed by atoms with Crippen molar-refractivity contribution in [1.82, 2.24) is 10.3 Å². The van der Waals surface area contributed by atoms with Gasteiger partial charge in [-0.3, -0.25) is 4.79 Å². The van der Waals surface area contributed by atoms with Crippen molar-refractivity contribution in [2.75, 3.05) is 6.54 Å². The molecule has 98 valence electrons. The number of halogens is 1. The summed E-state index contributed by atoms with van der Waals surface area (Å²) in [4.78, 5) is 17.1. The van der Waals surface area contributed by atoms with Gasteiger partial charge in [-0.05, 0) is 17.9 Å². The Morgan fingerprint density at radius 2 is 2.28 bits per heavy atom. The van der Waals surface area contributed by atoms with E-state index in [1.807, 2.05) is 11.4 Å². The third kappa shape index (κ3) is 4.06. The third-order valence-electron chi connectivity index (χ3n) is 2.20. The van der Waals surface area contributed by atoms with Gasteiger partial charge in [-0.25, -0.2) is 4.98 Å². The maximum absolute atomic E-state index is 11.7. The molecule has 3 N–H and O–H groups in total. The van der Waals surface area contributed by atoms with E-state index in [0.717, 1.165) is 11.4 Å². The standard InChI is InChI=1S/C11H13N3OS2.ClH/c12-6-10-14-9(7-17-10)11(15)13-4-3-8-2-1-5-16-8;/h1-2,5,7H,3-4,6,12H2,(H,13,15);1H. The van der Waals surface area contributed by atoms with Gasteiger partial charge in [-0.15, -0.1) is 35.1 Å². The Morgan fingerprint density at radius 1 is 1.44 bits per heavy atom. The van der Waals surface area contributed by atoms with E-state index in [-0.39, 0.29) is 18.3 Å². The summed E-state index contributed by atoms with van der Waals surface area (Å²) in [6.45, 7) is 1.02. The second kappa shape index (κ2) is 7.48. The van der Waals surface area contributed by atoms with Crippen molar-refractivity contribution in [3.05, 3.63) is 38.5 Å². The topological polar surface area (TPSA) is 68.0 Å². The van der Waals surface area contributed by atoms with Gasteiger partial charge in [0.2, 0.25) is 0 Å². The fourth-order valence-corrected chi connectivity index (χ4v) is 2.72. The van der Waals surface area contributed by atoms with Crippen molar-refractivity contribution < 1.29 is 4.79 Å². The Kier molecular flexibility index (Phi) is 6.28. The number of nitrogens with one attached hydrogen (secondary N) is 1. The maximum Gasteiger partial charge on any atom is 0.270 e. The van der Waals surface area contributed by atoms with Gasteiger partial charge in [-0.2, -0.15) is 0 Å². The van der Waals surface area contributed by atoms with Gasteiger partial charge in [0.25, 0.3) is 5.91 Å². The largest absolute Gasteiger partial charge is 0.350 e. The fraction of sp³-hybridized carbons (Fsp3) is 0.273. The molecule has 0 radical (unpaired) electrons. The van der Waals surface area contributed by atoms with Crippen LogP contribution in [0.5, 0.6) is 0 Å². The highest BCUT2D eigenvalue weighted by atomic mass is 35.5. The molecule has 18 heavy (non-hydrogen) atoms. The molecule has 2 rings (SSSR count). The maximum atomic E-state index is 11.7. The summed E-state index contributed by atoms with van der Waals surface area (Å²) >= 11 is 3.11. The summed E-state index contributed by atoms with van der Waals surface area (Å²) in [7, 11) is 0. The highest BCUT2D eigenvalue weighted by Crippen LogP contribution is 2.10. The van der Waals surface area contributed by atoms with Crippen molar-refractivity contribution in [2.45, 2.75) is 13.0 Å². The minimum atomic E-state index is -0.127. The summed E-state index contributed by atoms with van der Waals surface area (Å²) in [5, 5.41) is 7.40. The minimum Gasteiger partial charge on any atom is -0.350 e. The molecule has 7 heteroatoms. The molecule has 2 aromatic heterocycles. The molecule has 0 aliphatic carbocycles. The van der Waals surface area contributed by atoms with E-state index in [4.69, 9.17) is 5.73 Å². The van der Waals surface area contributed by atoms with Gasteiger partial charge in [-0.1, -0.05) is 6.07 Å². The highest BCUT2D eigenvalue weighted by Gasteiger charge is 2.09. The highest BCUT2D eigenvalue weighted by molar-refractivity contribution is 7.10. The molecule has 0 atom stereocenters. The molecule has 0 bridgehead atoms. The molecular weight excluding hydrogens is 290 g/mol. The molecule has 2 aromatic rings. The van der Waals surface area contributed by atoms with Crippen molar-refractivity contribution in [2.24, 2.45) is 5.73 Å². The Balaban J connectivity index is 0.00000162. The normalized spacial score (nSPS) is 9.83. The summed E-state index contributed by atoms with van der Waals surface area (Å²) in [6, 6.07) is 4.07. The predicted octanol–water partition coefficient (Wildman–Crippen LogP) is 2.06. The first-order valence-electron chi connectivity index (χ1n) is 5.24. The van der Waals surface area contributed by atoms with E-state index in [1.54, 1.807) is 16.7 Å². The van der Waals surface area contributed by atoms with E-state index >= 15 is 0 Å². The number of carbonyl (C=O) groups is 1. The smallest absolute Gasteiger partial charge is 0.270 e. The number of thiazole rings is 1. The van der Waals surface area contributed by atoms with Gasteiger partial charge in [0, 0.05) is 23.3 Å². The van der Waals surface area contributed by atoms with Gasteiger partial charge >= 0.3 is 0 Å². The zero-order valence-corrected chi connectivity index (χ0v) is 12.0. The monoisotopic (exact) mass is 303 g/mol. The van der Waals surface area contributed by atoms with Crippen LogP contribution in [0.15, 0.2) is 22.9 Å². The van der Waals surface area contributed by atoms with Crippen LogP contribution < -0.4 is 11.1 Å². The number of nitrogens with zero attached hydrogens (tertiary/aromatic N) is 1. The van der Waals surface area contributed by atoms with Gasteiger partial charge < -0.3 is 11.1 Å². The molecular formula is C11H14ClN3OS2. The summed E-state index contributed by atoms with van der Waals surface area (Å²) in [6.07, 6.45) is 0.858. The molecule has 0 aliphatic heterocycles. The second-order valence-corrected chi connectivity index (χ2v) is 5.39. The lowest BCUT2D eigenvalue weighted by Crippen LogP contribution is -2.25. The van der Waals surface area contributed by atoms with Crippen molar-refractivity contribution in [3.8, 4) is 0 Å². The number of hydrogen-bond donors (Lipinski definition) is 2. The average molecular weight is 304 g/mol. The van der Waals surface area contributed by atoms with Crippen LogP contribution in [0.2, 0.25) is 0 Å². The number of aromatic nitrogens is 1. The number of thiophene rings is 1. The molecule has 0 saturated heterocycles. The minimum absolute atomic E-state index is 0. The van der Waals surface area contributed by atoms with E-state index < -0.39 is 0 Å². The summed E-state index contributed by atoms with van der Waals surface area (Å²) in [5.41, 5.74) is 5.91. The first kappa shape index (κ1) is 15.1. The molecule has 0 aliphatic rings. The lowest BCUT2D eigenvalue weighted by Gasteiger charge is -2.01. The van der Waals surface area contributed by atoms with Crippen LogP contribution in [0.25, 0.3) is 0 Å². The molecule has 0 fully saturated rings. The summed E-state index contributed by atoms with van der Waals surface area (Å²) in [5.74, 6) is -0.127. The second-order valence-electron chi connectivity index (χ2n) is 3.42. The van der Waals surface area contributed by atoms with Crippen LogP contribution in [0.3, 0.4) is 0 Å². The molecule has 0 saturated carbocycles. The Labute approximate surface area is 120 Å². The van der Waals surface area contributed by atoms with Gasteiger partial charge in [0.05, 0.1) is 0 Å². The fourth-order valence-electron chi connectivity index (χ4n) is 1.35. The van der Waals surface area contributed by atoms with E-state index in [9.17, 15) is 4.79 Å². The van der Waals surface area contributed by atoms with Crippen LogP contribution in [0, 0.1) is 0 Å². The van der Waals surface area contributed by atoms with Crippen LogP contribution in [0.4, 0.5) is 0 Å². The Hall–Kier alpha value is -0.950. The lowest BCUT2D eigenvalue weighted by atomic mass is 10.3. The molecule has 2 heterocycles. The SMILES string of the molecule is Cl.NCc1nc(C(=O)NCCc2cccs2)cs1. The summed E-state index contributed by atoms with van der Waals surface area (Å²) < 4.78 is 0. The zero-order valence-electron chi connectivity index (χ0n) is 9.59. The number of nitrogens with two attached hydrogens (primary N) is 1. The van der Waals surface area contributed by atoms with E-state index in [1.165, 1.54) is 16.2 Å².